The van der Waals surface area contributed by atoms with Crippen LogP contribution < -0.4 is 10.6 Å². The summed E-state index contributed by atoms with van der Waals surface area (Å²) in [5.74, 6) is -2.72. The summed E-state index contributed by atoms with van der Waals surface area (Å²) >= 11 is 0. The minimum atomic E-state index is -1.13. The molecule has 0 spiro atoms. The van der Waals surface area contributed by atoms with Gasteiger partial charge in [-0.3, -0.25) is 9.59 Å². The Hall–Kier alpha value is -2.04. The Morgan fingerprint density at radius 1 is 1.28 bits per heavy atom. The van der Waals surface area contributed by atoms with Crippen molar-refractivity contribution in [2.75, 3.05) is 17.2 Å². The summed E-state index contributed by atoms with van der Waals surface area (Å²) < 4.78 is 0. The molecule has 0 radical (unpaired) electrons. The quantitative estimate of drug-likeness (QED) is 0.676. The van der Waals surface area contributed by atoms with Gasteiger partial charge in [0.25, 0.3) is 0 Å². The van der Waals surface area contributed by atoms with Crippen molar-refractivity contribution in [3.05, 3.63) is 24.3 Å². The number of benzene rings is 1. The lowest BCUT2D eigenvalue weighted by molar-refractivity contribution is -0.144. The van der Waals surface area contributed by atoms with Crippen molar-refractivity contribution in [2.24, 2.45) is 5.92 Å². The SMILES string of the molecule is CCCNc1ccccc1NC(=O)C(C)C(=O)O. The van der Waals surface area contributed by atoms with Crippen LogP contribution in [0.25, 0.3) is 0 Å². The van der Waals surface area contributed by atoms with Crippen LogP contribution in [0.2, 0.25) is 0 Å². The number of carboxylic acid groups (broad SMARTS) is 1. The molecule has 1 aromatic carbocycles. The third-order valence-corrected chi connectivity index (χ3v) is 2.51. The number of rotatable bonds is 6. The first-order valence-electron chi connectivity index (χ1n) is 5.92. The number of hydrogen-bond acceptors (Lipinski definition) is 3. The van der Waals surface area contributed by atoms with Crippen molar-refractivity contribution >= 4 is 23.3 Å². The monoisotopic (exact) mass is 250 g/mol. The number of carboxylic acids is 1. The molecule has 0 aliphatic heterocycles. The molecule has 0 aliphatic rings. The predicted octanol–water partition coefficient (Wildman–Crippen LogP) is 2.17. The van der Waals surface area contributed by atoms with Gasteiger partial charge in [0.15, 0.2) is 0 Å². The Labute approximate surface area is 106 Å². The standard InChI is InChI=1S/C13H18N2O3/c1-3-8-14-10-6-4-5-7-11(10)15-12(16)9(2)13(17)18/h4-7,9,14H,3,8H2,1-2H3,(H,15,16)(H,17,18). The van der Waals surface area contributed by atoms with Gasteiger partial charge in [-0.2, -0.15) is 0 Å². The number of hydrogen-bond donors (Lipinski definition) is 3. The molecule has 0 fully saturated rings. The molecule has 5 nitrogen and oxygen atoms in total. The fourth-order valence-electron chi connectivity index (χ4n) is 1.36. The number of carbonyl (C=O) groups is 2. The van der Waals surface area contributed by atoms with Gasteiger partial charge in [-0.15, -0.1) is 0 Å². The van der Waals surface area contributed by atoms with E-state index in [1.165, 1.54) is 6.92 Å². The first-order valence-corrected chi connectivity index (χ1v) is 5.92. The number of para-hydroxylation sites is 2. The average molecular weight is 250 g/mol. The van der Waals surface area contributed by atoms with E-state index >= 15 is 0 Å². The molecular weight excluding hydrogens is 232 g/mol. The number of carbonyl (C=O) groups excluding carboxylic acids is 1. The van der Waals surface area contributed by atoms with Crippen molar-refractivity contribution < 1.29 is 14.7 Å². The lowest BCUT2D eigenvalue weighted by Gasteiger charge is -2.13. The molecule has 1 atom stereocenters. The molecule has 98 valence electrons. The molecule has 0 bridgehead atoms. The number of amides is 1. The Morgan fingerprint density at radius 3 is 2.44 bits per heavy atom. The molecule has 0 saturated carbocycles. The predicted molar refractivity (Wildman–Crippen MR) is 70.7 cm³/mol. The Balaban J connectivity index is 2.77. The van der Waals surface area contributed by atoms with E-state index in [1.54, 1.807) is 12.1 Å². The highest BCUT2D eigenvalue weighted by Gasteiger charge is 2.21. The van der Waals surface area contributed by atoms with Crippen LogP contribution in [0.4, 0.5) is 11.4 Å². The lowest BCUT2D eigenvalue weighted by Crippen LogP contribution is -2.27. The van der Waals surface area contributed by atoms with Crippen molar-refractivity contribution in [3.8, 4) is 0 Å². The van der Waals surface area contributed by atoms with Gasteiger partial charge >= 0.3 is 5.97 Å². The second-order valence-electron chi connectivity index (χ2n) is 4.02. The Morgan fingerprint density at radius 2 is 1.89 bits per heavy atom. The minimum absolute atomic E-state index is 0.520. The second kappa shape index (κ2) is 6.64. The Bertz CT molecular complexity index is 432. The van der Waals surface area contributed by atoms with E-state index in [1.807, 2.05) is 19.1 Å². The summed E-state index contributed by atoms with van der Waals surface area (Å²) in [5, 5.41) is 14.6. The maximum atomic E-state index is 11.7. The van der Waals surface area contributed by atoms with Crippen LogP contribution >= 0.6 is 0 Å². The number of anilines is 2. The summed E-state index contributed by atoms with van der Waals surface area (Å²) in [5.41, 5.74) is 1.40. The zero-order chi connectivity index (χ0) is 13.5. The molecule has 0 aromatic heterocycles. The molecular formula is C13H18N2O3. The highest BCUT2D eigenvalue weighted by Crippen LogP contribution is 2.21. The average Bonchev–Trinajstić information content (AvgIpc) is 2.36. The van der Waals surface area contributed by atoms with Crippen LogP contribution in [0.3, 0.4) is 0 Å². The number of aliphatic carboxylic acids is 1. The van der Waals surface area contributed by atoms with Crippen LogP contribution in [0.5, 0.6) is 0 Å². The molecule has 0 saturated heterocycles. The molecule has 1 aromatic rings. The van der Waals surface area contributed by atoms with Crippen molar-refractivity contribution in [1.29, 1.82) is 0 Å². The third kappa shape index (κ3) is 3.76. The van der Waals surface area contributed by atoms with E-state index in [4.69, 9.17) is 5.11 Å². The van der Waals surface area contributed by atoms with Gasteiger partial charge in [0.2, 0.25) is 5.91 Å². The van der Waals surface area contributed by atoms with Crippen molar-refractivity contribution in [3.63, 3.8) is 0 Å². The first-order chi connectivity index (χ1) is 8.56. The smallest absolute Gasteiger partial charge is 0.315 e. The second-order valence-corrected chi connectivity index (χ2v) is 4.02. The van der Waals surface area contributed by atoms with Crippen LogP contribution in [-0.2, 0) is 9.59 Å². The van der Waals surface area contributed by atoms with Gasteiger partial charge in [-0.1, -0.05) is 19.1 Å². The summed E-state index contributed by atoms with van der Waals surface area (Å²) in [6.07, 6.45) is 0.966. The van der Waals surface area contributed by atoms with E-state index in [0.29, 0.717) is 5.69 Å². The largest absolute Gasteiger partial charge is 0.481 e. The summed E-state index contributed by atoms with van der Waals surface area (Å²) in [7, 11) is 0. The molecule has 0 aliphatic carbocycles. The third-order valence-electron chi connectivity index (χ3n) is 2.51. The summed E-state index contributed by atoms with van der Waals surface area (Å²) in [4.78, 5) is 22.4. The molecule has 5 heteroatoms. The maximum absolute atomic E-state index is 11.7. The molecule has 3 N–H and O–H groups in total. The van der Waals surface area contributed by atoms with E-state index in [9.17, 15) is 9.59 Å². The van der Waals surface area contributed by atoms with E-state index < -0.39 is 17.8 Å². The molecule has 1 rings (SSSR count). The van der Waals surface area contributed by atoms with Crippen molar-refractivity contribution in [2.45, 2.75) is 20.3 Å². The van der Waals surface area contributed by atoms with E-state index in [-0.39, 0.29) is 0 Å². The maximum Gasteiger partial charge on any atom is 0.315 e. The highest BCUT2D eigenvalue weighted by molar-refractivity contribution is 6.05. The summed E-state index contributed by atoms with van der Waals surface area (Å²) in [6, 6.07) is 7.23. The van der Waals surface area contributed by atoms with Crippen LogP contribution in [0.15, 0.2) is 24.3 Å². The first kappa shape index (κ1) is 14.0. The Kier molecular flexibility index (Phi) is 5.17. The zero-order valence-corrected chi connectivity index (χ0v) is 10.6. The van der Waals surface area contributed by atoms with Crippen LogP contribution in [0, 0.1) is 5.92 Å². The topological polar surface area (TPSA) is 78.4 Å². The molecule has 0 heterocycles. The van der Waals surface area contributed by atoms with Crippen molar-refractivity contribution in [1.82, 2.24) is 0 Å². The van der Waals surface area contributed by atoms with Gasteiger partial charge in [0.1, 0.15) is 5.92 Å². The van der Waals surface area contributed by atoms with E-state index in [2.05, 4.69) is 10.6 Å². The number of nitrogens with one attached hydrogen (secondary N) is 2. The highest BCUT2D eigenvalue weighted by atomic mass is 16.4. The van der Waals surface area contributed by atoms with Crippen LogP contribution in [0.1, 0.15) is 20.3 Å². The van der Waals surface area contributed by atoms with Gasteiger partial charge in [0, 0.05) is 6.54 Å². The molecule has 1 amide bonds. The summed E-state index contributed by atoms with van der Waals surface area (Å²) in [6.45, 7) is 4.20. The molecule has 18 heavy (non-hydrogen) atoms. The lowest BCUT2D eigenvalue weighted by atomic mass is 10.1. The van der Waals surface area contributed by atoms with Gasteiger partial charge in [0.05, 0.1) is 11.4 Å². The minimum Gasteiger partial charge on any atom is -0.481 e. The van der Waals surface area contributed by atoms with Crippen LogP contribution in [-0.4, -0.2) is 23.5 Å². The van der Waals surface area contributed by atoms with Gasteiger partial charge in [-0.05, 0) is 25.5 Å². The fraction of sp³-hybridized carbons (Fsp3) is 0.385. The fourth-order valence-corrected chi connectivity index (χ4v) is 1.36. The normalized spacial score (nSPS) is 11.7. The van der Waals surface area contributed by atoms with Gasteiger partial charge < -0.3 is 15.7 Å². The van der Waals surface area contributed by atoms with Gasteiger partial charge in [-0.25, -0.2) is 0 Å². The van der Waals surface area contributed by atoms with E-state index in [0.717, 1.165) is 18.7 Å². The molecule has 1 unspecified atom stereocenters. The zero-order valence-electron chi connectivity index (χ0n) is 10.6.